The first-order chi connectivity index (χ1) is 7.58. The fourth-order valence-corrected chi connectivity index (χ4v) is 2.07. The first-order valence-corrected chi connectivity index (χ1v) is 7.55. The number of hydrogen-bond acceptors (Lipinski definition) is 1. The molecule has 0 aromatic rings. The fourth-order valence-electron chi connectivity index (χ4n) is 1.84. The van der Waals surface area contributed by atoms with Crippen LogP contribution < -0.4 is 0 Å². The number of alkyl halides is 1. The molecule has 0 aliphatic rings. The zero-order chi connectivity index (χ0) is 12.4. The van der Waals surface area contributed by atoms with Gasteiger partial charge in [0.05, 0.1) is 5.60 Å². The van der Waals surface area contributed by atoms with Crippen LogP contribution in [0.3, 0.4) is 0 Å². The molecule has 0 spiro atoms. The number of ether oxygens (including phenoxy) is 1. The molecule has 0 aliphatic carbocycles. The van der Waals surface area contributed by atoms with Crippen molar-refractivity contribution in [1.82, 2.24) is 0 Å². The Morgan fingerprint density at radius 1 is 1.38 bits per heavy atom. The Balaban J connectivity index is 3.86. The molecule has 1 atom stereocenters. The predicted molar refractivity (Wildman–Crippen MR) is 76.3 cm³/mol. The Morgan fingerprint density at radius 2 is 2.06 bits per heavy atom. The molecular weight excluding hydrogens is 264 g/mol. The van der Waals surface area contributed by atoms with Crippen LogP contribution in [0.1, 0.15) is 59.8 Å². The lowest BCUT2D eigenvalue weighted by molar-refractivity contribution is -0.0348. The van der Waals surface area contributed by atoms with Crippen molar-refractivity contribution < 1.29 is 4.74 Å². The molecule has 96 valence electrons. The van der Waals surface area contributed by atoms with Gasteiger partial charge in [-0.25, -0.2) is 0 Å². The van der Waals surface area contributed by atoms with Crippen LogP contribution in [0.25, 0.3) is 0 Å². The van der Waals surface area contributed by atoms with E-state index < -0.39 is 0 Å². The van der Waals surface area contributed by atoms with Gasteiger partial charge in [0.2, 0.25) is 0 Å². The summed E-state index contributed by atoms with van der Waals surface area (Å²) in [5.74, 6) is 0. The average molecular weight is 291 g/mol. The molecule has 0 saturated carbocycles. The summed E-state index contributed by atoms with van der Waals surface area (Å²) in [7, 11) is 0. The lowest BCUT2D eigenvalue weighted by Gasteiger charge is -2.28. The van der Waals surface area contributed by atoms with Gasteiger partial charge in [0, 0.05) is 11.9 Å². The Kier molecular flexibility index (Phi) is 9.34. The van der Waals surface area contributed by atoms with Gasteiger partial charge in [-0.05, 0) is 52.9 Å². The summed E-state index contributed by atoms with van der Waals surface area (Å²) in [5.41, 5.74) is 1.60. The summed E-state index contributed by atoms with van der Waals surface area (Å²) in [4.78, 5) is 0. The zero-order valence-corrected chi connectivity index (χ0v) is 12.9. The minimum atomic E-state index is 0.0878. The molecule has 0 heterocycles. The summed E-state index contributed by atoms with van der Waals surface area (Å²) < 4.78 is 5.81. The highest BCUT2D eigenvalue weighted by atomic mass is 79.9. The molecule has 0 bridgehead atoms. The molecule has 0 aromatic carbocycles. The Hall–Kier alpha value is 0.180. The van der Waals surface area contributed by atoms with Gasteiger partial charge in [-0.2, -0.15) is 0 Å². The lowest BCUT2D eigenvalue weighted by atomic mass is 9.94. The SMILES string of the molecule is CCOC(C)(CC)CCCC(C)=CCCBr. The molecule has 0 aliphatic heterocycles. The molecule has 0 N–H and O–H groups in total. The van der Waals surface area contributed by atoms with E-state index in [1.165, 1.54) is 18.4 Å². The topological polar surface area (TPSA) is 9.23 Å². The average Bonchev–Trinajstić information content (AvgIpc) is 2.26. The van der Waals surface area contributed by atoms with Crippen LogP contribution in [0.4, 0.5) is 0 Å². The van der Waals surface area contributed by atoms with E-state index in [1.807, 2.05) is 0 Å². The first-order valence-electron chi connectivity index (χ1n) is 6.43. The Labute approximate surface area is 110 Å². The second-order valence-corrected chi connectivity index (χ2v) is 5.41. The Morgan fingerprint density at radius 3 is 2.56 bits per heavy atom. The third-order valence-electron chi connectivity index (χ3n) is 3.12. The van der Waals surface area contributed by atoms with Crippen molar-refractivity contribution in [3.05, 3.63) is 11.6 Å². The first kappa shape index (κ1) is 16.2. The summed E-state index contributed by atoms with van der Waals surface area (Å²) >= 11 is 3.44. The molecule has 0 radical (unpaired) electrons. The maximum absolute atomic E-state index is 5.81. The second kappa shape index (κ2) is 9.23. The standard InChI is InChI=1S/C14H27BrO/c1-5-14(4,16-6-2)11-7-9-13(3)10-8-12-15/h10H,5-9,11-12H2,1-4H3. The maximum atomic E-state index is 5.81. The number of hydrogen-bond donors (Lipinski definition) is 0. The quantitative estimate of drug-likeness (QED) is 0.424. The van der Waals surface area contributed by atoms with E-state index in [4.69, 9.17) is 4.74 Å². The van der Waals surface area contributed by atoms with Crippen molar-refractivity contribution in [3.63, 3.8) is 0 Å². The molecule has 0 saturated heterocycles. The van der Waals surface area contributed by atoms with Crippen molar-refractivity contribution in [1.29, 1.82) is 0 Å². The van der Waals surface area contributed by atoms with Gasteiger partial charge in [-0.3, -0.25) is 0 Å². The van der Waals surface area contributed by atoms with E-state index >= 15 is 0 Å². The molecule has 0 amide bonds. The van der Waals surface area contributed by atoms with Gasteiger partial charge < -0.3 is 4.74 Å². The maximum Gasteiger partial charge on any atom is 0.0651 e. The molecule has 1 nitrogen and oxygen atoms in total. The van der Waals surface area contributed by atoms with Crippen molar-refractivity contribution >= 4 is 15.9 Å². The highest BCUT2D eigenvalue weighted by molar-refractivity contribution is 9.09. The van der Waals surface area contributed by atoms with Crippen LogP contribution >= 0.6 is 15.9 Å². The van der Waals surface area contributed by atoms with Gasteiger partial charge in [0.15, 0.2) is 0 Å². The largest absolute Gasteiger partial charge is 0.376 e. The van der Waals surface area contributed by atoms with Gasteiger partial charge in [-0.1, -0.05) is 34.5 Å². The van der Waals surface area contributed by atoms with Crippen LogP contribution in [0.15, 0.2) is 11.6 Å². The smallest absolute Gasteiger partial charge is 0.0651 e. The van der Waals surface area contributed by atoms with Crippen LogP contribution in [0.2, 0.25) is 0 Å². The van der Waals surface area contributed by atoms with Crippen LogP contribution in [0.5, 0.6) is 0 Å². The van der Waals surface area contributed by atoms with Crippen LogP contribution in [0, 0.1) is 0 Å². The zero-order valence-electron chi connectivity index (χ0n) is 11.3. The second-order valence-electron chi connectivity index (χ2n) is 4.62. The van der Waals surface area contributed by atoms with E-state index in [0.29, 0.717) is 0 Å². The highest BCUT2D eigenvalue weighted by Gasteiger charge is 2.21. The summed E-state index contributed by atoms with van der Waals surface area (Å²) in [6.07, 6.45) is 8.17. The van der Waals surface area contributed by atoms with Crippen molar-refractivity contribution in [2.24, 2.45) is 0 Å². The van der Waals surface area contributed by atoms with Gasteiger partial charge in [-0.15, -0.1) is 0 Å². The molecule has 1 unspecified atom stereocenters. The van der Waals surface area contributed by atoms with Gasteiger partial charge in [0.1, 0.15) is 0 Å². The summed E-state index contributed by atoms with van der Waals surface area (Å²) in [6.45, 7) is 9.57. The third kappa shape index (κ3) is 7.45. The molecule has 0 aromatic heterocycles. The minimum absolute atomic E-state index is 0.0878. The molecule has 2 heteroatoms. The minimum Gasteiger partial charge on any atom is -0.376 e. The summed E-state index contributed by atoms with van der Waals surface area (Å²) in [5, 5.41) is 1.07. The highest BCUT2D eigenvalue weighted by Crippen LogP contribution is 2.23. The molecule has 0 rings (SSSR count). The molecule has 0 fully saturated rings. The van der Waals surface area contributed by atoms with E-state index in [1.54, 1.807) is 0 Å². The molecule has 16 heavy (non-hydrogen) atoms. The van der Waals surface area contributed by atoms with Crippen molar-refractivity contribution in [2.45, 2.75) is 65.4 Å². The number of halogens is 1. The summed E-state index contributed by atoms with van der Waals surface area (Å²) in [6, 6.07) is 0. The fraction of sp³-hybridized carbons (Fsp3) is 0.857. The van der Waals surface area contributed by atoms with E-state index in [9.17, 15) is 0 Å². The monoisotopic (exact) mass is 290 g/mol. The van der Waals surface area contributed by atoms with Crippen molar-refractivity contribution in [3.8, 4) is 0 Å². The van der Waals surface area contributed by atoms with Gasteiger partial charge >= 0.3 is 0 Å². The van der Waals surface area contributed by atoms with E-state index in [2.05, 4.69) is 49.7 Å². The van der Waals surface area contributed by atoms with E-state index in [0.717, 1.165) is 31.2 Å². The van der Waals surface area contributed by atoms with Crippen LogP contribution in [-0.2, 0) is 4.74 Å². The molecular formula is C14H27BrO. The predicted octanol–water partition coefficient (Wildman–Crippen LogP) is 5.09. The third-order valence-corrected chi connectivity index (χ3v) is 3.58. The number of allylic oxidation sites excluding steroid dienone is 2. The number of rotatable bonds is 9. The van der Waals surface area contributed by atoms with E-state index in [-0.39, 0.29) is 5.60 Å². The van der Waals surface area contributed by atoms with Crippen LogP contribution in [-0.4, -0.2) is 17.5 Å². The normalized spacial score (nSPS) is 16.2. The van der Waals surface area contributed by atoms with Gasteiger partial charge in [0.25, 0.3) is 0 Å². The lowest BCUT2D eigenvalue weighted by Crippen LogP contribution is -2.27. The van der Waals surface area contributed by atoms with Crippen molar-refractivity contribution in [2.75, 3.05) is 11.9 Å². The Bertz CT molecular complexity index is 201.